The normalized spacial score (nSPS) is 10.7. The van der Waals surface area contributed by atoms with Gasteiger partial charge in [0, 0.05) is 19.7 Å². The summed E-state index contributed by atoms with van der Waals surface area (Å²) in [6.45, 7) is 3.28. The van der Waals surface area contributed by atoms with E-state index in [4.69, 9.17) is 4.52 Å². The largest absolute Gasteiger partial charge is 0.339 e. The van der Waals surface area contributed by atoms with Crippen molar-refractivity contribution >= 4 is 0 Å². The number of rotatable bonds is 1. The van der Waals surface area contributed by atoms with Gasteiger partial charge in [-0.15, -0.1) is 0 Å². The lowest BCUT2D eigenvalue weighted by molar-refractivity contribution is 0.394. The van der Waals surface area contributed by atoms with Crippen LogP contribution in [-0.2, 0) is 7.05 Å². The van der Waals surface area contributed by atoms with E-state index in [1.807, 2.05) is 0 Å². The molecule has 2 aromatic rings. The number of H-pyrrole nitrogens is 1. The second-order valence-corrected chi connectivity index (χ2v) is 3.42. The predicted octanol–water partition coefficient (Wildman–Crippen LogP) is -0.260. The molecule has 0 aromatic carbocycles. The molecular weight excluding hydrogens is 212 g/mol. The number of aromatic amines is 1. The average Bonchev–Trinajstić information content (AvgIpc) is 2.61. The van der Waals surface area contributed by atoms with Gasteiger partial charge in [-0.05, 0) is 6.92 Å². The van der Waals surface area contributed by atoms with Gasteiger partial charge in [-0.3, -0.25) is 9.78 Å². The van der Waals surface area contributed by atoms with Crippen LogP contribution < -0.4 is 11.2 Å². The molecule has 0 aliphatic heterocycles. The van der Waals surface area contributed by atoms with Gasteiger partial charge >= 0.3 is 5.69 Å². The van der Waals surface area contributed by atoms with Gasteiger partial charge < -0.3 is 9.09 Å². The van der Waals surface area contributed by atoms with Gasteiger partial charge in [0.05, 0.1) is 0 Å². The first kappa shape index (κ1) is 10.3. The molecule has 0 saturated heterocycles. The van der Waals surface area contributed by atoms with Crippen molar-refractivity contribution in [2.24, 2.45) is 7.05 Å². The van der Waals surface area contributed by atoms with Gasteiger partial charge in [0.1, 0.15) is 5.56 Å². The van der Waals surface area contributed by atoms with Gasteiger partial charge in [0.15, 0.2) is 0 Å². The van der Waals surface area contributed by atoms with Crippen molar-refractivity contribution in [3.8, 4) is 11.4 Å². The van der Waals surface area contributed by atoms with Gasteiger partial charge in [0.2, 0.25) is 11.7 Å². The van der Waals surface area contributed by atoms with Crippen molar-refractivity contribution < 1.29 is 4.52 Å². The number of aryl methyl sites for hydroxylation is 1. The second-order valence-electron chi connectivity index (χ2n) is 3.42. The molecule has 7 heteroatoms. The first-order valence-corrected chi connectivity index (χ1v) is 4.61. The fourth-order valence-corrected chi connectivity index (χ4v) is 1.39. The molecule has 0 atom stereocenters. The van der Waals surface area contributed by atoms with Crippen LogP contribution in [0.25, 0.3) is 11.4 Å². The molecule has 0 fully saturated rings. The minimum Gasteiger partial charge on any atom is -0.339 e. The summed E-state index contributed by atoms with van der Waals surface area (Å²) in [6.07, 6.45) is 0. The van der Waals surface area contributed by atoms with Crippen LogP contribution in [0, 0.1) is 13.8 Å². The summed E-state index contributed by atoms with van der Waals surface area (Å²) in [5.41, 5.74) is -0.235. The lowest BCUT2D eigenvalue weighted by Crippen LogP contribution is -2.31. The summed E-state index contributed by atoms with van der Waals surface area (Å²) in [5, 5.41) is 3.66. The zero-order valence-electron chi connectivity index (χ0n) is 9.07. The molecule has 0 saturated carbocycles. The monoisotopic (exact) mass is 222 g/mol. The first-order chi connectivity index (χ1) is 7.50. The van der Waals surface area contributed by atoms with Crippen LogP contribution in [0.5, 0.6) is 0 Å². The van der Waals surface area contributed by atoms with Crippen LogP contribution >= 0.6 is 0 Å². The number of hydrogen-bond donors (Lipinski definition) is 1. The summed E-state index contributed by atoms with van der Waals surface area (Å²) < 4.78 is 6.12. The highest BCUT2D eigenvalue weighted by Crippen LogP contribution is 2.13. The highest BCUT2D eigenvalue weighted by atomic mass is 16.5. The van der Waals surface area contributed by atoms with Crippen molar-refractivity contribution in [2.45, 2.75) is 13.8 Å². The zero-order valence-corrected chi connectivity index (χ0v) is 9.07. The Morgan fingerprint density at radius 2 is 2.00 bits per heavy atom. The van der Waals surface area contributed by atoms with E-state index in [-0.39, 0.29) is 11.4 Å². The molecule has 2 rings (SSSR count). The van der Waals surface area contributed by atoms with Crippen LogP contribution in [0.15, 0.2) is 14.1 Å². The molecule has 0 unspecified atom stereocenters. The maximum atomic E-state index is 11.6. The molecule has 2 aromatic heterocycles. The molecular formula is C9H10N4O3. The third-order valence-corrected chi connectivity index (χ3v) is 2.37. The van der Waals surface area contributed by atoms with Gasteiger partial charge in [-0.2, -0.15) is 4.98 Å². The smallest absolute Gasteiger partial charge is 0.328 e. The molecule has 84 valence electrons. The van der Waals surface area contributed by atoms with E-state index >= 15 is 0 Å². The maximum absolute atomic E-state index is 11.6. The van der Waals surface area contributed by atoms with E-state index in [0.29, 0.717) is 11.6 Å². The molecule has 0 radical (unpaired) electrons. The second kappa shape index (κ2) is 3.44. The average molecular weight is 222 g/mol. The fraction of sp³-hybridized carbons (Fsp3) is 0.333. The van der Waals surface area contributed by atoms with Crippen LogP contribution in [0.1, 0.15) is 11.6 Å². The Hall–Kier alpha value is -2.18. The van der Waals surface area contributed by atoms with Gasteiger partial charge in [-0.25, -0.2) is 4.79 Å². The maximum Gasteiger partial charge on any atom is 0.328 e. The van der Waals surface area contributed by atoms with Crippen molar-refractivity contribution in [3.05, 3.63) is 32.4 Å². The molecule has 2 heterocycles. The standard InChI is InChI=1S/C9H10N4O3/c1-4-6(7-10-5(2)16-12-7)8(14)11-9(15)13(4)3/h1-3H3,(H,11,14,15). The third kappa shape index (κ3) is 1.46. The molecule has 16 heavy (non-hydrogen) atoms. The molecule has 0 bridgehead atoms. The lowest BCUT2D eigenvalue weighted by Gasteiger charge is -2.04. The lowest BCUT2D eigenvalue weighted by atomic mass is 10.2. The third-order valence-electron chi connectivity index (χ3n) is 2.37. The zero-order chi connectivity index (χ0) is 11.9. The van der Waals surface area contributed by atoms with Gasteiger partial charge in [-0.1, -0.05) is 5.16 Å². The van der Waals surface area contributed by atoms with E-state index in [2.05, 4.69) is 15.1 Å². The summed E-state index contributed by atoms with van der Waals surface area (Å²) >= 11 is 0. The number of nitrogens with zero attached hydrogens (tertiary/aromatic N) is 3. The summed E-state index contributed by atoms with van der Waals surface area (Å²) in [6, 6.07) is 0. The van der Waals surface area contributed by atoms with E-state index in [1.54, 1.807) is 20.9 Å². The van der Waals surface area contributed by atoms with Crippen LogP contribution in [-0.4, -0.2) is 19.7 Å². The Kier molecular flexibility index (Phi) is 2.22. The number of hydrogen-bond acceptors (Lipinski definition) is 5. The summed E-state index contributed by atoms with van der Waals surface area (Å²) in [5.74, 6) is 0.550. The van der Waals surface area contributed by atoms with E-state index in [9.17, 15) is 9.59 Å². The van der Waals surface area contributed by atoms with Crippen LogP contribution in [0.2, 0.25) is 0 Å². The Balaban J connectivity index is 2.80. The topological polar surface area (TPSA) is 93.8 Å². The van der Waals surface area contributed by atoms with Crippen molar-refractivity contribution in [1.29, 1.82) is 0 Å². The summed E-state index contributed by atoms with van der Waals surface area (Å²) in [7, 11) is 1.56. The highest BCUT2D eigenvalue weighted by Gasteiger charge is 2.15. The summed E-state index contributed by atoms with van der Waals surface area (Å²) in [4.78, 5) is 29.1. The SMILES string of the molecule is Cc1nc(-c2c(C)n(C)c(=O)[nH]c2=O)no1. The Labute approximate surface area is 89.7 Å². The minimum absolute atomic E-state index is 0.187. The molecule has 1 N–H and O–H groups in total. The number of aromatic nitrogens is 4. The Morgan fingerprint density at radius 3 is 2.56 bits per heavy atom. The number of nitrogens with one attached hydrogen (secondary N) is 1. The molecule has 0 amide bonds. The molecule has 0 spiro atoms. The molecule has 7 nitrogen and oxygen atoms in total. The predicted molar refractivity (Wildman–Crippen MR) is 55.1 cm³/mol. The van der Waals surface area contributed by atoms with E-state index < -0.39 is 11.2 Å². The van der Waals surface area contributed by atoms with Crippen molar-refractivity contribution in [2.75, 3.05) is 0 Å². The molecule has 0 aliphatic carbocycles. The Bertz CT molecular complexity index is 650. The van der Waals surface area contributed by atoms with Crippen LogP contribution in [0.3, 0.4) is 0 Å². The van der Waals surface area contributed by atoms with Gasteiger partial charge in [0.25, 0.3) is 5.56 Å². The quantitative estimate of drug-likeness (QED) is 0.717. The van der Waals surface area contributed by atoms with Crippen LogP contribution in [0.4, 0.5) is 0 Å². The van der Waals surface area contributed by atoms with Crippen molar-refractivity contribution in [1.82, 2.24) is 19.7 Å². The fourth-order valence-electron chi connectivity index (χ4n) is 1.39. The molecule has 0 aliphatic rings. The highest BCUT2D eigenvalue weighted by molar-refractivity contribution is 5.55. The van der Waals surface area contributed by atoms with E-state index in [0.717, 1.165) is 0 Å². The van der Waals surface area contributed by atoms with Crippen molar-refractivity contribution in [3.63, 3.8) is 0 Å². The minimum atomic E-state index is -0.513. The van der Waals surface area contributed by atoms with E-state index in [1.165, 1.54) is 4.57 Å². The first-order valence-electron chi connectivity index (χ1n) is 4.61. The Morgan fingerprint density at radius 1 is 1.31 bits per heavy atom.